The first-order valence-electron chi connectivity index (χ1n) is 12.9. The molecule has 3 rings (SSSR count). The summed E-state index contributed by atoms with van der Waals surface area (Å²) < 4.78 is 10.9. The fourth-order valence-corrected chi connectivity index (χ4v) is 5.39. The van der Waals surface area contributed by atoms with Crippen LogP contribution in [0.3, 0.4) is 0 Å². The van der Waals surface area contributed by atoms with Crippen LogP contribution in [0, 0.1) is 0 Å². The van der Waals surface area contributed by atoms with Crippen LogP contribution < -0.4 is 29.9 Å². The van der Waals surface area contributed by atoms with Crippen LogP contribution in [0.4, 0.5) is 0 Å². The van der Waals surface area contributed by atoms with Crippen molar-refractivity contribution in [3.63, 3.8) is 0 Å². The zero-order valence-electron chi connectivity index (χ0n) is 21.7. The number of benzene rings is 2. The average molecular weight is 677 g/mol. The number of carbonyl (C=O) groups is 2. The highest BCUT2D eigenvalue weighted by Gasteiger charge is 2.22. The Labute approximate surface area is 264 Å². The number of nitrogens with one attached hydrogen (secondary N) is 4. The molecule has 0 unspecified atom stereocenters. The minimum absolute atomic E-state index is 0.147. The van der Waals surface area contributed by atoms with Crippen LogP contribution in [0.1, 0.15) is 12.8 Å². The molecule has 1 fully saturated rings. The Balaban J connectivity index is 1.19. The summed E-state index contributed by atoms with van der Waals surface area (Å²) in [6.45, 7) is 7.16. The molecule has 0 bridgehead atoms. The molecule has 0 atom stereocenters. The molecule has 0 spiro atoms. The van der Waals surface area contributed by atoms with Crippen LogP contribution in [0.15, 0.2) is 24.3 Å². The fraction of sp³-hybridized carbons (Fsp3) is 0.462. The second-order valence-electron chi connectivity index (χ2n) is 9.38. The van der Waals surface area contributed by atoms with Gasteiger partial charge in [-0.05, 0) is 12.1 Å². The van der Waals surface area contributed by atoms with E-state index >= 15 is 0 Å². The molecule has 2 aromatic rings. The molecule has 0 saturated carbocycles. The van der Waals surface area contributed by atoms with Gasteiger partial charge in [0.1, 0.15) is 37.7 Å². The Morgan fingerprint density at radius 1 is 0.600 bits per heavy atom. The minimum Gasteiger partial charge on any atom is -0.482 e. The molecule has 14 heteroatoms. The predicted octanol–water partition coefficient (Wildman–Crippen LogP) is 2.86. The number of piperazine rings is 1. The minimum atomic E-state index is -0.219. The lowest BCUT2D eigenvalue weighted by atomic mass is 10.2. The predicted molar refractivity (Wildman–Crippen MR) is 160 cm³/mol. The van der Waals surface area contributed by atoms with Crippen molar-refractivity contribution in [2.24, 2.45) is 0 Å². The molecule has 2 aromatic carbocycles. The second-order valence-corrected chi connectivity index (χ2v) is 11.8. The largest absolute Gasteiger partial charge is 0.482 e. The van der Waals surface area contributed by atoms with Crippen molar-refractivity contribution in [1.82, 2.24) is 10.6 Å². The van der Waals surface area contributed by atoms with E-state index in [9.17, 15) is 9.59 Å². The van der Waals surface area contributed by atoms with Gasteiger partial charge >= 0.3 is 0 Å². The number of ether oxygens (including phenoxy) is 2. The molecule has 1 aliphatic heterocycles. The number of hydrogen-bond donors (Lipinski definition) is 4. The summed E-state index contributed by atoms with van der Waals surface area (Å²) >= 11 is 35.9. The maximum absolute atomic E-state index is 12.1. The molecule has 0 radical (unpaired) electrons. The maximum Gasteiger partial charge on any atom is 0.257 e. The summed E-state index contributed by atoms with van der Waals surface area (Å²) in [6, 6.07) is 5.95. The summed E-state index contributed by atoms with van der Waals surface area (Å²) in [6.07, 6.45) is 1.76. The van der Waals surface area contributed by atoms with Gasteiger partial charge in [0.25, 0.3) is 11.8 Å². The number of hydrogen-bond acceptors (Lipinski definition) is 4. The van der Waals surface area contributed by atoms with E-state index < -0.39 is 0 Å². The Morgan fingerprint density at radius 3 is 1.32 bits per heavy atom. The van der Waals surface area contributed by atoms with Gasteiger partial charge in [-0.25, -0.2) is 0 Å². The third-order valence-electron chi connectivity index (χ3n) is 6.39. The van der Waals surface area contributed by atoms with Crippen molar-refractivity contribution >= 4 is 81.4 Å². The molecule has 2 amide bonds. The summed E-state index contributed by atoms with van der Waals surface area (Å²) in [5, 5.41) is 7.62. The lowest BCUT2D eigenvalue weighted by Gasteiger charge is -2.29. The molecule has 1 heterocycles. The van der Waals surface area contributed by atoms with E-state index in [1.54, 1.807) is 0 Å². The van der Waals surface area contributed by atoms with E-state index in [1.807, 2.05) is 0 Å². The summed E-state index contributed by atoms with van der Waals surface area (Å²) in [5.74, 6) is 0.196. The summed E-state index contributed by atoms with van der Waals surface area (Å²) in [7, 11) is 0. The molecule has 0 aromatic heterocycles. The molecule has 1 saturated heterocycles. The molecule has 0 aliphatic carbocycles. The first kappa shape index (κ1) is 33.1. The number of rotatable bonds is 14. The summed E-state index contributed by atoms with van der Waals surface area (Å²) in [4.78, 5) is 27.2. The van der Waals surface area contributed by atoms with Crippen molar-refractivity contribution in [3.8, 4) is 11.5 Å². The molecular weight excluding hydrogens is 645 g/mol. The van der Waals surface area contributed by atoms with Gasteiger partial charge in [-0.15, -0.1) is 0 Å². The van der Waals surface area contributed by atoms with Crippen molar-refractivity contribution in [2.45, 2.75) is 12.8 Å². The van der Waals surface area contributed by atoms with Crippen molar-refractivity contribution in [1.29, 1.82) is 0 Å². The van der Waals surface area contributed by atoms with E-state index in [4.69, 9.17) is 79.1 Å². The van der Waals surface area contributed by atoms with Crippen LogP contribution in [-0.2, 0) is 9.59 Å². The van der Waals surface area contributed by atoms with Crippen molar-refractivity contribution < 1.29 is 28.9 Å². The summed E-state index contributed by atoms with van der Waals surface area (Å²) in [5.41, 5.74) is 0. The lowest BCUT2D eigenvalue weighted by Crippen LogP contribution is -3.28. The van der Waals surface area contributed by atoms with Gasteiger partial charge in [0.15, 0.2) is 13.2 Å². The monoisotopic (exact) mass is 674 g/mol. The first-order valence-corrected chi connectivity index (χ1v) is 15.1. The SMILES string of the molecule is O=C(COc1cc(Cl)c(Cl)cc1Cl)NCCC[NH+]1CC[NH+](CCCNC(=O)COc2cc(Cl)c(Cl)cc2Cl)CC1. The molecular formula is C26H32Cl6N4O4+2. The number of halogens is 6. The van der Waals surface area contributed by atoms with E-state index in [2.05, 4.69) is 10.6 Å². The van der Waals surface area contributed by atoms with Crippen LogP contribution >= 0.6 is 69.6 Å². The third-order valence-corrected chi connectivity index (χ3v) is 8.42. The Morgan fingerprint density at radius 2 is 0.950 bits per heavy atom. The van der Waals surface area contributed by atoms with Crippen LogP contribution in [-0.4, -0.2) is 77.4 Å². The smallest absolute Gasteiger partial charge is 0.257 e. The lowest BCUT2D eigenvalue weighted by molar-refractivity contribution is -1.01. The highest BCUT2D eigenvalue weighted by Crippen LogP contribution is 2.34. The molecule has 40 heavy (non-hydrogen) atoms. The number of amides is 2. The first-order chi connectivity index (χ1) is 19.1. The van der Waals surface area contributed by atoms with Gasteiger partial charge in [-0.2, -0.15) is 0 Å². The van der Waals surface area contributed by atoms with Gasteiger partial charge in [0, 0.05) is 38.1 Å². The number of quaternary nitrogens is 2. The highest BCUT2D eigenvalue weighted by atomic mass is 35.5. The average Bonchev–Trinajstić information content (AvgIpc) is 2.92. The highest BCUT2D eigenvalue weighted by molar-refractivity contribution is 6.44. The fourth-order valence-electron chi connectivity index (χ4n) is 4.21. The Kier molecular flexibility index (Phi) is 14.0. The van der Waals surface area contributed by atoms with Gasteiger partial charge in [-0.1, -0.05) is 69.6 Å². The molecule has 8 nitrogen and oxygen atoms in total. The van der Waals surface area contributed by atoms with Gasteiger partial charge in [0.2, 0.25) is 0 Å². The van der Waals surface area contributed by atoms with E-state index in [1.165, 1.54) is 34.1 Å². The Bertz CT molecular complexity index is 1070. The zero-order valence-corrected chi connectivity index (χ0v) is 26.2. The van der Waals surface area contributed by atoms with Crippen LogP contribution in [0.2, 0.25) is 30.1 Å². The normalized spacial score (nSPS) is 16.9. The molecule has 4 N–H and O–H groups in total. The van der Waals surface area contributed by atoms with Crippen LogP contribution in [0.5, 0.6) is 11.5 Å². The van der Waals surface area contributed by atoms with Crippen molar-refractivity contribution in [3.05, 3.63) is 54.4 Å². The van der Waals surface area contributed by atoms with Gasteiger partial charge in [-0.3, -0.25) is 9.59 Å². The third kappa shape index (κ3) is 11.1. The molecule has 1 aliphatic rings. The van der Waals surface area contributed by atoms with E-state index in [0.29, 0.717) is 54.7 Å². The van der Waals surface area contributed by atoms with Crippen LogP contribution in [0.25, 0.3) is 0 Å². The standard InChI is InChI=1S/C26H30Cl6N4O4/c27-17-11-21(31)23(13-19(17)29)39-15-25(37)33-3-1-5-35-7-9-36(10-8-35)6-2-4-34-26(38)16-40-24-14-20(30)18(28)12-22(24)32/h11-14H,1-10,15-16H2,(H,33,37)(H,34,38)/p+2. The zero-order chi connectivity index (χ0) is 29.1. The van der Waals surface area contributed by atoms with E-state index in [0.717, 1.165) is 52.1 Å². The van der Waals surface area contributed by atoms with Crippen molar-refractivity contribution in [2.75, 3.05) is 65.6 Å². The topological polar surface area (TPSA) is 85.5 Å². The number of carbonyl (C=O) groups excluding carboxylic acids is 2. The quantitative estimate of drug-likeness (QED) is 0.183. The van der Waals surface area contributed by atoms with Gasteiger partial charge in [0.05, 0.1) is 43.2 Å². The second kappa shape index (κ2) is 16.9. The van der Waals surface area contributed by atoms with E-state index in [-0.39, 0.29) is 25.0 Å². The van der Waals surface area contributed by atoms with Gasteiger partial charge < -0.3 is 29.9 Å². The molecule has 220 valence electrons. The maximum atomic E-state index is 12.1. The Hall–Kier alpha value is -1.36.